The SMILES string of the molecule is CN(CCCBr)C(=O)c1cc[nH]c(=O)c1. The topological polar surface area (TPSA) is 53.2 Å². The van der Waals surface area contributed by atoms with E-state index in [0.29, 0.717) is 12.1 Å². The van der Waals surface area contributed by atoms with E-state index in [1.165, 1.54) is 12.3 Å². The van der Waals surface area contributed by atoms with Crippen molar-refractivity contribution in [3.05, 3.63) is 34.2 Å². The molecule has 1 N–H and O–H groups in total. The highest BCUT2D eigenvalue weighted by atomic mass is 79.9. The predicted molar refractivity (Wildman–Crippen MR) is 62.4 cm³/mol. The molecule has 4 nitrogen and oxygen atoms in total. The van der Waals surface area contributed by atoms with Crippen LogP contribution in [0, 0.1) is 0 Å². The third-order valence-corrected chi connectivity index (χ3v) is 2.56. The van der Waals surface area contributed by atoms with E-state index in [4.69, 9.17) is 0 Å². The van der Waals surface area contributed by atoms with Crippen LogP contribution in [0.25, 0.3) is 0 Å². The van der Waals surface area contributed by atoms with Gasteiger partial charge in [0.15, 0.2) is 0 Å². The monoisotopic (exact) mass is 272 g/mol. The smallest absolute Gasteiger partial charge is 0.253 e. The third-order valence-electron chi connectivity index (χ3n) is 2.00. The Morgan fingerprint density at radius 3 is 2.93 bits per heavy atom. The van der Waals surface area contributed by atoms with Crippen LogP contribution in [0.5, 0.6) is 0 Å². The van der Waals surface area contributed by atoms with Gasteiger partial charge in [-0.15, -0.1) is 0 Å². The second-order valence-corrected chi connectivity index (χ2v) is 4.00. The first kappa shape index (κ1) is 12.0. The summed E-state index contributed by atoms with van der Waals surface area (Å²) in [7, 11) is 1.73. The van der Waals surface area contributed by atoms with Gasteiger partial charge in [0.25, 0.3) is 5.91 Å². The van der Waals surface area contributed by atoms with Gasteiger partial charge in [-0.3, -0.25) is 9.59 Å². The van der Waals surface area contributed by atoms with Crippen molar-refractivity contribution in [1.29, 1.82) is 0 Å². The molecule has 0 aliphatic heterocycles. The van der Waals surface area contributed by atoms with Gasteiger partial charge in [0.2, 0.25) is 5.56 Å². The number of carbonyl (C=O) groups excluding carboxylic acids is 1. The zero-order valence-electron chi connectivity index (χ0n) is 8.50. The number of nitrogens with one attached hydrogen (secondary N) is 1. The Morgan fingerprint density at radius 1 is 1.60 bits per heavy atom. The number of rotatable bonds is 4. The normalized spacial score (nSPS) is 10.0. The fourth-order valence-electron chi connectivity index (χ4n) is 1.20. The number of aromatic amines is 1. The van der Waals surface area contributed by atoms with Gasteiger partial charge < -0.3 is 9.88 Å². The van der Waals surface area contributed by atoms with Gasteiger partial charge in [-0.05, 0) is 12.5 Å². The number of halogens is 1. The second-order valence-electron chi connectivity index (χ2n) is 3.21. The molecule has 0 spiro atoms. The lowest BCUT2D eigenvalue weighted by molar-refractivity contribution is 0.0795. The molecule has 0 atom stereocenters. The number of hydrogen-bond donors (Lipinski definition) is 1. The van der Waals surface area contributed by atoms with Gasteiger partial charge in [0, 0.05) is 36.7 Å². The first-order valence-electron chi connectivity index (χ1n) is 4.65. The predicted octanol–water partition coefficient (Wildman–Crippen LogP) is 1.23. The molecule has 1 amide bonds. The van der Waals surface area contributed by atoms with E-state index in [1.54, 1.807) is 18.0 Å². The van der Waals surface area contributed by atoms with E-state index >= 15 is 0 Å². The molecule has 0 saturated heterocycles. The van der Waals surface area contributed by atoms with Crippen molar-refractivity contribution >= 4 is 21.8 Å². The molecular weight excluding hydrogens is 260 g/mol. The Kier molecular flexibility index (Phi) is 4.55. The van der Waals surface area contributed by atoms with E-state index in [1.807, 2.05) is 0 Å². The van der Waals surface area contributed by atoms with Crippen LogP contribution < -0.4 is 5.56 Å². The number of carbonyl (C=O) groups is 1. The molecular formula is C10H13BrN2O2. The lowest BCUT2D eigenvalue weighted by Gasteiger charge is -2.15. The zero-order valence-corrected chi connectivity index (χ0v) is 10.1. The highest BCUT2D eigenvalue weighted by Gasteiger charge is 2.10. The van der Waals surface area contributed by atoms with Crippen molar-refractivity contribution in [2.75, 3.05) is 18.9 Å². The summed E-state index contributed by atoms with van der Waals surface area (Å²) in [6.07, 6.45) is 2.37. The largest absolute Gasteiger partial charge is 0.342 e. The fraction of sp³-hybridized carbons (Fsp3) is 0.400. The van der Waals surface area contributed by atoms with Crippen molar-refractivity contribution < 1.29 is 4.79 Å². The van der Waals surface area contributed by atoms with Crippen molar-refractivity contribution in [2.45, 2.75) is 6.42 Å². The molecule has 1 heterocycles. The lowest BCUT2D eigenvalue weighted by atomic mass is 10.2. The minimum atomic E-state index is -0.255. The van der Waals surface area contributed by atoms with Crippen molar-refractivity contribution in [3.63, 3.8) is 0 Å². The molecule has 15 heavy (non-hydrogen) atoms. The molecule has 1 aromatic rings. The number of alkyl halides is 1. The van der Waals surface area contributed by atoms with E-state index in [-0.39, 0.29) is 11.5 Å². The van der Waals surface area contributed by atoms with E-state index in [0.717, 1.165) is 11.8 Å². The van der Waals surface area contributed by atoms with Gasteiger partial charge in [0.1, 0.15) is 0 Å². The molecule has 0 unspecified atom stereocenters. The quantitative estimate of drug-likeness (QED) is 0.839. The maximum atomic E-state index is 11.8. The zero-order chi connectivity index (χ0) is 11.3. The van der Waals surface area contributed by atoms with Crippen LogP contribution in [0.1, 0.15) is 16.8 Å². The van der Waals surface area contributed by atoms with E-state index < -0.39 is 0 Å². The van der Waals surface area contributed by atoms with E-state index in [2.05, 4.69) is 20.9 Å². The van der Waals surface area contributed by atoms with Gasteiger partial charge in [-0.25, -0.2) is 0 Å². The Morgan fingerprint density at radius 2 is 2.33 bits per heavy atom. The standard InChI is InChI=1S/C10H13BrN2O2/c1-13(6-2-4-11)10(15)8-3-5-12-9(14)7-8/h3,5,7H,2,4,6H2,1H3,(H,12,14). The molecule has 0 radical (unpaired) electrons. The Bertz CT molecular complexity index is 389. The molecule has 0 aliphatic carbocycles. The molecule has 0 aliphatic rings. The fourth-order valence-corrected chi connectivity index (χ4v) is 1.45. The minimum Gasteiger partial charge on any atom is -0.342 e. The number of nitrogens with zero attached hydrogens (tertiary/aromatic N) is 1. The average Bonchev–Trinajstić information content (AvgIpc) is 2.24. The van der Waals surface area contributed by atoms with Crippen molar-refractivity contribution in [1.82, 2.24) is 9.88 Å². The van der Waals surface area contributed by atoms with Crippen LogP contribution in [-0.2, 0) is 0 Å². The summed E-state index contributed by atoms with van der Waals surface area (Å²) in [5.74, 6) is -0.123. The van der Waals surface area contributed by atoms with Crippen molar-refractivity contribution in [3.8, 4) is 0 Å². The second kappa shape index (κ2) is 5.70. The maximum absolute atomic E-state index is 11.8. The molecule has 0 fully saturated rings. The molecule has 0 saturated carbocycles. The van der Waals surface area contributed by atoms with Crippen LogP contribution in [0.15, 0.2) is 23.1 Å². The van der Waals surface area contributed by atoms with Gasteiger partial charge >= 0.3 is 0 Å². The Balaban J connectivity index is 2.72. The molecule has 0 aromatic carbocycles. The van der Waals surface area contributed by atoms with Crippen LogP contribution in [0.4, 0.5) is 0 Å². The summed E-state index contributed by atoms with van der Waals surface area (Å²) < 4.78 is 0. The lowest BCUT2D eigenvalue weighted by Crippen LogP contribution is -2.28. The first-order valence-corrected chi connectivity index (χ1v) is 5.77. The van der Waals surface area contributed by atoms with Gasteiger partial charge in [-0.2, -0.15) is 0 Å². The number of pyridine rings is 1. The summed E-state index contributed by atoms with van der Waals surface area (Å²) >= 11 is 3.30. The summed E-state index contributed by atoms with van der Waals surface area (Å²) in [6, 6.07) is 2.92. The van der Waals surface area contributed by atoms with Gasteiger partial charge in [-0.1, -0.05) is 15.9 Å². The van der Waals surface area contributed by atoms with E-state index in [9.17, 15) is 9.59 Å². The molecule has 82 valence electrons. The third kappa shape index (κ3) is 3.51. The van der Waals surface area contributed by atoms with Crippen LogP contribution >= 0.6 is 15.9 Å². The molecule has 1 rings (SSSR count). The highest BCUT2D eigenvalue weighted by Crippen LogP contribution is 2.01. The van der Waals surface area contributed by atoms with Crippen molar-refractivity contribution in [2.24, 2.45) is 0 Å². The Labute approximate surface area is 96.4 Å². The molecule has 1 aromatic heterocycles. The molecule has 0 bridgehead atoms. The summed E-state index contributed by atoms with van der Waals surface area (Å²) in [6.45, 7) is 0.677. The number of H-pyrrole nitrogens is 1. The van der Waals surface area contributed by atoms with Gasteiger partial charge in [0.05, 0.1) is 0 Å². The summed E-state index contributed by atoms with van der Waals surface area (Å²) in [5.41, 5.74) is 0.172. The first-order chi connectivity index (χ1) is 7.15. The van der Waals surface area contributed by atoms with Crippen LogP contribution in [0.2, 0.25) is 0 Å². The number of amides is 1. The Hall–Kier alpha value is -1.10. The number of hydrogen-bond acceptors (Lipinski definition) is 2. The maximum Gasteiger partial charge on any atom is 0.253 e. The average molecular weight is 273 g/mol. The van der Waals surface area contributed by atoms with Crippen LogP contribution in [0.3, 0.4) is 0 Å². The highest BCUT2D eigenvalue weighted by molar-refractivity contribution is 9.09. The number of aromatic nitrogens is 1. The molecule has 5 heteroatoms. The van der Waals surface area contributed by atoms with Crippen LogP contribution in [-0.4, -0.2) is 34.7 Å². The summed E-state index contributed by atoms with van der Waals surface area (Å²) in [4.78, 5) is 26.8. The minimum absolute atomic E-state index is 0.123. The summed E-state index contributed by atoms with van der Waals surface area (Å²) in [5, 5.41) is 0.861.